The molecule has 4 rings (SSSR count). The summed E-state index contributed by atoms with van der Waals surface area (Å²) in [5.74, 6) is 3.01. The van der Waals surface area contributed by atoms with Crippen molar-refractivity contribution < 1.29 is 0 Å². The van der Waals surface area contributed by atoms with Gasteiger partial charge in [0.15, 0.2) is 0 Å². The van der Waals surface area contributed by atoms with Gasteiger partial charge in [0.1, 0.15) is 5.82 Å². The molecule has 2 saturated carbocycles. The number of hydrogen-bond donors (Lipinski definition) is 0. The van der Waals surface area contributed by atoms with Crippen molar-refractivity contribution in [2.75, 3.05) is 0 Å². The molecule has 2 bridgehead atoms. The van der Waals surface area contributed by atoms with E-state index in [-0.39, 0.29) is 0 Å². The van der Waals surface area contributed by atoms with Crippen LogP contribution < -0.4 is 0 Å². The fourth-order valence-corrected chi connectivity index (χ4v) is 4.53. The number of benzene rings is 1. The molecule has 0 spiro atoms. The van der Waals surface area contributed by atoms with Crippen LogP contribution in [0.4, 0.5) is 0 Å². The Hall–Kier alpha value is -0.840. The smallest absolute Gasteiger partial charge is 0.140 e. The molecule has 0 radical (unpaired) electrons. The van der Waals surface area contributed by atoms with Crippen LogP contribution in [0.1, 0.15) is 31.7 Å². The summed E-state index contributed by atoms with van der Waals surface area (Å²) in [7, 11) is 0. The molecule has 0 N–H and O–H groups in total. The highest BCUT2D eigenvalue weighted by molar-refractivity contribution is 14.1. The summed E-state index contributed by atoms with van der Waals surface area (Å²) in [4.78, 5) is 4.62. The maximum atomic E-state index is 4.62. The molecule has 1 aromatic carbocycles. The van der Waals surface area contributed by atoms with E-state index in [1.807, 2.05) is 6.20 Å². The Bertz CT molecular complexity index is 604. The first-order chi connectivity index (χ1) is 9.31. The quantitative estimate of drug-likeness (QED) is 0.717. The van der Waals surface area contributed by atoms with E-state index < -0.39 is 0 Å². The SMILES string of the molecule is Ic1cccc(-c2nccn2C2CC3CCC2C3)c1. The molecule has 2 nitrogen and oxygen atoms in total. The number of halogens is 1. The van der Waals surface area contributed by atoms with Gasteiger partial charge in [0, 0.05) is 27.6 Å². The van der Waals surface area contributed by atoms with E-state index in [4.69, 9.17) is 0 Å². The van der Waals surface area contributed by atoms with E-state index in [1.54, 1.807) is 0 Å². The van der Waals surface area contributed by atoms with Crippen molar-refractivity contribution in [3.05, 3.63) is 40.2 Å². The predicted octanol–water partition coefficient (Wildman–Crippen LogP) is 4.52. The number of nitrogens with zero attached hydrogens (tertiary/aromatic N) is 2. The molecule has 0 amide bonds. The number of rotatable bonds is 2. The minimum absolute atomic E-state index is 0.689. The predicted molar refractivity (Wildman–Crippen MR) is 84.9 cm³/mol. The van der Waals surface area contributed by atoms with Crippen LogP contribution in [0, 0.1) is 15.4 Å². The Labute approximate surface area is 127 Å². The van der Waals surface area contributed by atoms with E-state index >= 15 is 0 Å². The van der Waals surface area contributed by atoms with Crippen LogP contribution in [0.15, 0.2) is 36.7 Å². The van der Waals surface area contributed by atoms with Gasteiger partial charge in [0.05, 0.1) is 0 Å². The minimum atomic E-state index is 0.689. The lowest BCUT2D eigenvalue weighted by atomic mass is 9.95. The highest BCUT2D eigenvalue weighted by atomic mass is 127. The third kappa shape index (κ3) is 2.02. The van der Waals surface area contributed by atoms with E-state index in [1.165, 1.54) is 34.8 Å². The third-order valence-corrected chi connectivity index (χ3v) is 5.48. The van der Waals surface area contributed by atoms with Crippen LogP contribution in [0.5, 0.6) is 0 Å². The van der Waals surface area contributed by atoms with E-state index in [2.05, 4.69) is 62.6 Å². The van der Waals surface area contributed by atoms with Crippen LogP contribution in [0.3, 0.4) is 0 Å². The maximum Gasteiger partial charge on any atom is 0.140 e. The molecular formula is C16H17IN2. The maximum absolute atomic E-state index is 4.62. The fourth-order valence-electron chi connectivity index (χ4n) is 3.98. The Kier molecular flexibility index (Phi) is 2.90. The van der Waals surface area contributed by atoms with Gasteiger partial charge >= 0.3 is 0 Å². The molecule has 2 aliphatic rings. The second-order valence-corrected chi connectivity index (χ2v) is 7.16. The minimum Gasteiger partial charge on any atom is -0.328 e. The third-order valence-electron chi connectivity index (χ3n) is 4.81. The van der Waals surface area contributed by atoms with Crippen molar-refractivity contribution in [2.24, 2.45) is 11.8 Å². The highest BCUT2D eigenvalue weighted by Gasteiger charge is 2.40. The van der Waals surface area contributed by atoms with Crippen molar-refractivity contribution >= 4 is 22.6 Å². The zero-order valence-electron chi connectivity index (χ0n) is 10.8. The van der Waals surface area contributed by atoms with Gasteiger partial charge in [0.25, 0.3) is 0 Å². The molecule has 3 heteroatoms. The lowest BCUT2D eigenvalue weighted by molar-refractivity contribution is 0.332. The number of imidazole rings is 1. The molecule has 3 atom stereocenters. The Morgan fingerprint density at radius 2 is 2.16 bits per heavy atom. The standard InChI is InChI=1S/C16H17IN2/c17-14-3-1-2-13(10-14)16-18-6-7-19(16)15-9-11-4-5-12(15)8-11/h1-3,6-7,10-12,15H,4-5,8-9H2. The van der Waals surface area contributed by atoms with Crippen LogP contribution in [0.2, 0.25) is 0 Å². The Morgan fingerprint density at radius 1 is 1.21 bits per heavy atom. The number of fused-ring (bicyclic) bond motifs is 2. The summed E-state index contributed by atoms with van der Waals surface area (Å²) >= 11 is 2.37. The van der Waals surface area contributed by atoms with Crippen LogP contribution >= 0.6 is 22.6 Å². The first-order valence-electron chi connectivity index (χ1n) is 7.10. The largest absolute Gasteiger partial charge is 0.328 e. The average molecular weight is 364 g/mol. The van der Waals surface area contributed by atoms with Gasteiger partial charge in [-0.3, -0.25) is 0 Å². The van der Waals surface area contributed by atoms with Gasteiger partial charge in [-0.1, -0.05) is 18.6 Å². The summed E-state index contributed by atoms with van der Waals surface area (Å²) in [5, 5.41) is 0. The van der Waals surface area contributed by atoms with E-state index in [0.29, 0.717) is 6.04 Å². The highest BCUT2D eigenvalue weighted by Crippen LogP contribution is 2.51. The van der Waals surface area contributed by atoms with Crippen molar-refractivity contribution in [2.45, 2.75) is 31.7 Å². The van der Waals surface area contributed by atoms with Gasteiger partial charge in [0.2, 0.25) is 0 Å². The second-order valence-electron chi connectivity index (χ2n) is 5.91. The lowest BCUT2D eigenvalue weighted by Gasteiger charge is -2.25. The molecule has 1 aromatic heterocycles. The fraction of sp³-hybridized carbons (Fsp3) is 0.438. The summed E-state index contributed by atoms with van der Waals surface area (Å²) < 4.78 is 3.72. The molecular weight excluding hydrogens is 347 g/mol. The first kappa shape index (κ1) is 11.9. The molecule has 2 aromatic rings. The summed E-state index contributed by atoms with van der Waals surface area (Å²) in [6.45, 7) is 0. The average Bonchev–Trinajstić information content (AvgIpc) is 3.14. The lowest BCUT2D eigenvalue weighted by Crippen LogP contribution is -2.16. The van der Waals surface area contributed by atoms with Gasteiger partial charge in [-0.05, 0) is 65.8 Å². The number of hydrogen-bond acceptors (Lipinski definition) is 1. The molecule has 0 aliphatic heterocycles. The van der Waals surface area contributed by atoms with Crippen molar-refractivity contribution in [1.82, 2.24) is 9.55 Å². The molecule has 1 heterocycles. The molecule has 2 aliphatic carbocycles. The van der Waals surface area contributed by atoms with E-state index in [0.717, 1.165) is 17.7 Å². The van der Waals surface area contributed by atoms with Crippen molar-refractivity contribution in [3.63, 3.8) is 0 Å². The monoisotopic (exact) mass is 364 g/mol. The van der Waals surface area contributed by atoms with Crippen LogP contribution in [0.25, 0.3) is 11.4 Å². The topological polar surface area (TPSA) is 17.8 Å². The summed E-state index contributed by atoms with van der Waals surface area (Å²) in [6.07, 6.45) is 9.81. The van der Waals surface area contributed by atoms with Crippen LogP contribution in [-0.2, 0) is 0 Å². The first-order valence-corrected chi connectivity index (χ1v) is 8.18. The van der Waals surface area contributed by atoms with Gasteiger partial charge in [-0.2, -0.15) is 0 Å². The van der Waals surface area contributed by atoms with Crippen molar-refractivity contribution in [1.29, 1.82) is 0 Å². The van der Waals surface area contributed by atoms with Crippen molar-refractivity contribution in [3.8, 4) is 11.4 Å². The zero-order chi connectivity index (χ0) is 12.8. The normalized spacial score (nSPS) is 29.0. The molecule has 3 unspecified atom stereocenters. The van der Waals surface area contributed by atoms with Crippen LogP contribution in [-0.4, -0.2) is 9.55 Å². The summed E-state index contributed by atoms with van der Waals surface area (Å²) in [5.41, 5.74) is 1.25. The number of aromatic nitrogens is 2. The van der Waals surface area contributed by atoms with Gasteiger partial charge < -0.3 is 4.57 Å². The molecule has 98 valence electrons. The molecule has 19 heavy (non-hydrogen) atoms. The second kappa shape index (κ2) is 4.62. The summed E-state index contributed by atoms with van der Waals surface area (Å²) in [6, 6.07) is 9.35. The van der Waals surface area contributed by atoms with Gasteiger partial charge in [-0.15, -0.1) is 0 Å². The zero-order valence-corrected chi connectivity index (χ0v) is 13.0. The molecule has 0 saturated heterocycles. The molecule has 2 fully saturated rings. The van der Waals surface area contributed by atoms with E-state index in [9.17, 15) is 0 Å². The Morgan fingerprint density at radius 3 is 2.89 bits per heavy atom. The van der Waals surface area contributed by atoms with Gasteiger partial charge in [-0.25, -0.2) is 4.98 Å². The Balaban J connectivity index is 1.73.